The van der Waals surface area contributed by atoms with E-state index in [0.29, 0.717) is 0 Å². The minimum atomic E-state index is -5.09. The number of nitrogens with zero attached hydrogens (tertiary/aromatic N) is 1. The minimum Gasteiger partial charge on any atom is -0.457 e. The topological polar surface area (TPSA) is 95.5 Å². The zero-order valence-electron chi connectivity index (χ0n) is 9.39. The van der Waals surface area contributed by atoms with Gasteiger partial charge in [0.15, 0.2) is 0 Å². The molecule has 19 heavy (non-hydrogen) atoms. The third-order valence-corrected chi connectivity index (χ3v) is 2.13. The zero-order chi connectivity index (χ0) is 14.6. The van der Waals surface area contributed by atoms with Gasteiger partial charge in [0.05, 0.1) is 11.0 Å². The number of hydrogen-bond acceptors (Lipinski definition) is 5. The standard InChI is InChI=1S/C10H9F3N2O4/c11-10(12,13)9(16)19-5-8(14)6-2-1-3-7(4-6)15(17)18/h1-4,8H,5,14H2. The van der Waals surface area contributed by atoms with Crippen molar-refractivity contribution in [3.63, 3.8) is 0 Å². The molecule has 104 valence electrons. The number of ether oxygens (including phenoxy) is 1. The normalized spacial score (nSPS) is 12.8. The van der Waals surface area contributed by atoms with Crippen molar-refractivity contribution >= 4 is 11.7 Å². The quantitative estimate of drug-likeness (QED) is 0.513. The summed E-state index contributed by atoms with van der Waals surface area (Å²) in [7, 11) is 0. The van der Waals surface area contributed by atoms with Crippen molar-refractivity contribution < 1.29 is 27.6 Å². The molecule has 0 radical (unpaired) electrons. The summed E-state index contributed by atoms with van der Waals surface area (Å²) in [5.41, 5.74) is 5.43. The van der Waals surface area contributed by atoms with Crippen LogP contribution in [-0.4, -0.2) is 23.7 Å². The van der Waals surface area contributed by atoms with Gasteiger partial charge >= 0.3 is 12.1 Å². The lowest BCUT2D eigenvalue weighted by atomic mass is 10.1. The molecule has 0 bridgehead atoms. The number of non-ortho nitro benzene ring substituents is 1. The molecule has 0 heterocycles. The zero-order valence-corrected chi connectivity index (χ0v) is 9.39. The summed E-state index contributed by atoms with van der Waals surface area (Å²) in [5.74, 6) is -2.35. The molecule has 0 fully saturated rings. The molecular formula is C10H9F3N2O4. The number of benzene rings is 1. The summed E-state index contributed by atoms with van der Waals surface area (Å²) in [6, 6.07) is 3.95. The van der Waals surface area contributed by atoms with E-state index >= 15 is 0 Å². The molecule has 1 unspecified atom stereocenters. The Hall–Kier alpha value is -2.16. The Balaban J connectivity index is 2.69. The molecule has 1 aromatic carbocycles. The third kappa shape index (κ3) is 4.21. The van der Waals surface area contributed by atoms with Crippen molar-refractivity contribution in [3.05, 3.63) is 39.9 Å². The first-order valence-electron chi connectivity index (χ1n) is 4.95. The number of rotatable bonds is 4. The van der Waals surface area contributed by atoms with E-state index in [-0.39, 0.29) is 11.3 Å². The van der Waals surface area contributed by atoms with Crippen molar-refractivity contribution in [3.8, 4) is 0 Å². The van der Waals surface area contributed by atoms with Crippen LogP contribution in [0.4, 0.5) is 18.9 Å². The van der Waals surface area contributed by atoms with Crippen LogP contribution in [0.25, 0.3) is 0 Å². The Labute approximate surface area is 105 Å². The molecule has 9 heteroatoms. The third-order valence-electron chi connectivity index (χ3n) is 2.13. The largest absolute Gasteiger partial charge is 0.490 e. The molecule has 1 aromatic rings. The van der Waals surface area contributed by atoms with E-state index in [9.17, 15) is 28.1 Å². The van der Waals surface area contributed by atoms with Crippen molar-refractivity contribution in [2.45, 2.75) is 12.2 Å². The van der Waals surface area contributed by atoms with Crippen molar-refractivity contribution in [2.24, 2.45) is 5.73 Å². The van der Waals surface area contributed by atoms with Crippen LogP contribution in [-0.2, 0) is 9.53 Å². The van der Waals surface area contributed by atoms with Crippen LogP contribution >= 0.6 is 0 Å². The monoisotopic (exact) mass is 278 g/mol. The molecule has 1 atom stereocenters. The average molecular weight is 278 g/mol. The van der Waals surface area contributed by atoms with Crippen LogP contribution in [0.3, 0.4) is 0 Å². The Kier molecular flexibility index (Phi) is 4.43. The maximum atomic E-state index is 11.9. The van der Waals surface area contributed by atoms with Gasteiger partial charge in [0.2, 0.25) is 0 Å². The van der Waals surface area contributed by atoms with Gasteiger partial charge in [0.1, 0.15) is 6.61 Å². The molecule has 0 saturated carbocycles. The van der Waals surface area contributed by atoms with Gasteiger partial charge < -0.3 is 10.5 Å². The summed E-state index contributed by atoms with van der Waals surface area (Å²) >= 11 is 0. The summed E-state index contributed by atoms with van der Waals surface area (Å²) < 4.78 is 39.6. The Bertz CT molecular complexity index is 490. The fourth-order valence-electron chi connectivity index (χ4n) is 1.21. The van der Waals surface area contributed by atoms with Crippen LogP contribution in [0.1, 0.15) is 11.6 Å². The SMILES string of the molecule is NC(COC(=O)C(F)(F)F)c1cccc([N+](=O)[O-])c1. The van der Waals surface area contributed by atoms with Crippen molar-refractivity contribution in [1.82, 2.24) is 0 Å². The molecule has 0 aliphatic heterocycles. The van der Waals surface area contributed by atoms with E-state index in [1.165, 1.54) is 18.2 Å². The van der Waals surface area contributed by atoms with E-state index in [1.54, 1.807) is 0 Å². The number of hydrogen-bond donors (Lipinski definition) is 1. The predicted octanol–water partition coefficient (Wildman–Crippen LogP) is 1.70. The summed E-state index contributed by atoms with van der Waals surface area (Å²) in [5, 5.41) is 10.5. The number of alkyl halides is 3. The van der Waals surface area contributed by atoms with Gasteiger partial charge in [-0.2, -0.15) is 13.2 Å². The molecule has 0 amide bonds. The molecule has 0 aliphatic rings. The molecule has 2 N–H and O–H groups in total. The molecule has 0 saturated heterocycles. The molecular weight excluding hydrogens is 269 g/mol. The predicted molar refractivity (Wildman–Crippen MR) is 57.0 cm³/mol. The van der Waals surface area contributed by atoms with Gasteiger partial charge in [-0.25, -0.2) is 4.79 Å². The number of nitrogens with two attached hydrogens (primary N) is 1. The van der Waals surface area contributed by atoms with Gasteiger partial charge in [-0.3, -0.25) is 10.1 Å². The van der Waals surface area contributed by atoms with E-state index in [0.717, 1.165) is 6.07 Å². The number of carbonyl (C=O) groups excluding carboxylic acids is 1. The van der Waals surface area contributed by atoms with E-state index in [4.69, 9.17) is 5.73 Å². The number of nitro groups is 1. The van der Waals surface area contributed by atoms with Gasteiger partial charge in [-0.1, -0.05) is 12.1 Å². The second kappa shape index (κ2) is 5.65. The maximum Gasteiger partial charge on any atom is 0.490 e. The first-order chi connectivity index (χ1) is 8.71. The van der Waals surface area contributed by atoms with Gasteiger partial charge in [-0.05, 0) is 5.56 Å². The lowest BCUT2D eigenvalue weighted by Gasteiger charge is -2.13. The highest BCUT2D eigenvalue weighted by Crippen LogP contribution is 2.20. The first kappa shape index (κ1) is 14.9. The second-order valence-electron chi connectivity index (χ2n) is 3.55. The van der Waals surface area contributed by atoms with E-state index < -0.39 is 29.7 Å². The number of esters is 1. The maximum absolute atomic E-state index is 11.9. The van der Waals surface area contributed by atoms with E-state index in [2.05, 4.69) is 4.74 Å². The van der Waals surface area contributed by atoms with Gasteiger partial charge in [-0.15, -0.1) is 0 Å². The number of nitro benzene ring substituents is 1. The van der Waals surface area contributed by atoms with E-state index in [1.807, 2.05) is 0 Å². The highest BCUT2D eigenvalue weighted by atomic mass is 19.4. The van der Waals surface area contributed by atoms with Crippen LogP contribution in [0.5, 0.6) is 0 Å². The van der Waals surface area contributed by atoms with Gasteiger partial charge in [0, 0.05) is 12.1 Å². The van der Waals surface area contributed by atoms with Crippen LogP contribution in [0.15, 0.2) is 24.3 Å². The summed E-state index contributed by atoms with van der Waals surface area (Å²) in [6.07, 6.45) is -5.09. The van der Waals surface area contributed by atoms with Crippen LogP contribution < -0.4 is 5.73 Å². The smallest absolute Gasteiger partial charge is 0.457 e. The molecule has 6 nitrogen and oxygen atoms in total. The van der Waals surface area contributed by atoms with Crippen LogP contribution in [0.2, 0.25) is 0 Å². The van der Waals surface area contributed by atoms with Crippen molar-refractivity contribution in [2.75, 3.05) is 6.61 Å². The lowest BCUT2D eigenvalue weighted by molar-refractivity contribution is -0.384. The average Bonchev–Trinajstić information content (AvgIpc) is 2.34. The molecule has 1 rings (SSSR count). The fourth-order valence-corrected chi connectivity index (χ4v) is 1.21. The van der Waals surface area contributed by atoms with Gasteiger partial charge in [0.25, 0.3) is 5.69 Å². The second-order valence-corrected chi connectivity index (χ2v) is 3.55. The fraction of sp³-hybridized carbons (Fsp3) is 0.300. The molecule has 0 aromatic heterocycles. The highest BCUT2D eigenvalue weighted by Gasteiger charge is 2.41. The van der Waals surface area contributed by atoms with Crippen molar-refractivity contribution in [1.29, 1.82) is 0 Å². The summed E-state index contributed by atoms with van der Waals surface area (Å²) in [6.45, 7) is -0.723. The summed E-state index contributed by atoms with van der Waals surface area (Å²) in [4.78, 5) is 20.3. The lowest BCUT2D eigenvalue weighted by Crippen LogP contribution is -2.29. The minimum absolute atomic E-state index is 0.198. The molecule has 0 aliphatic carbocycles. The Morgan fingerprint density at radius 2 is 2.11 bits per heavy atom. The Morgan fingerprint density at radius 3 is 2.63 bits per heavy atom. The first-order valence-corrected chi connectivity index (χ1v) is 4.95. The highest BCUT2D eigenvalue weighted by molar-refractivity contribution is 5.75. The number of carbonyl (C=O) groups is 1. The molecule has 0 spiro atoms. The van der Waals surface area contributed by atoms with Crippen LogP contribution in [0, 0.1) is 10.1 Å². The Morgan fingerprint density at radius 1 is 1.47 bits per heavy atom. The number of halogens is 3.